The molecule has 1 heterocycles. The van der Waals surface area contributed by atoms with Gasteiger partial charge in [0.2, 0.25) is 0 Å². The summed E-state index contributed by atoms with van der Waals surface area (Å²) in [5.74, 6) is 1.60. The zero-order valence-corrected chi connectivity index (χ0v) is 8.47. The lowest BCUT2D eigenvalue weighted by Gasteiger charge is -2.09. The SMILES string of the molecule is CNc1cnccc1Oc1ccccc1. The van der Waals surface area contributed by atoms with E-state index >= 15 is 0 Å². The molecule has 15 heavy (non-hydrogen) atoms. The van der Waals surface area contributed by atoms with Crippen LogP contribution >= 0.6 is 0 Å². The Morgan fingerprint density at radius 3 is 2.67 bits per heavy atom. The average molecular weight is 200 g/mol. The Bertz CT molecular complexity index is 429. The summed E-state index contributed by atoms with van der Waals surface area (Å²) in [6.45, 7) is 0. The molecule has 0 amide bonds. The third kappa shape index (κ3) is 2.26. The smallest absolute Gasteiger partial charge is 0.153 e. The Morgan fingerprint density at radius 2 is 1.93 bits per heavy atom. The first kappa shape index (κ1) is 9.52. The maximum Gasteiger partial charge on any atom is 0.153 e. The fourth-order valence-electron chi connectivity index (χ4n) is 1.27. The molecular formula is C12H12N2O. The van der Waals surface area contributed by atoms with Gasteiger partial charge in [0.25, 0.3) is 0 Å². The molecule has 0 aliphatic carbocycles. The van der Waals surface area contributed by atoms with Crippen LogP contribution in [0.4, 0.5) is 5.69 Å². The molecule has 0 aliphatic rings. The number of aromatic nitrogens is 1. The molecule has 0 aliphatic heterocycles. The third-order valence-electron chi connectivity index (χ3n) is 2.02. The molecular weight excluding hydrogens is 188 g/mol. The second kappa shape index (κ2) is 4.46. The van der Waals surface area contributed by atoms with Gasteiger partial charge in [-0.05, 0) is 12.1 Å². The molecule has 1 aromatic heterocycles. The molecule has 76 valence electrons. The summed E-state index contributed by atoms with van der Waals surface area (Å²) in [5, 5.41) is 3.03. The van der Waals surface area contributed by atoms with Crippen LogP contribution in [0, 0.1) is 0 Å². The number of hydrogen-bond acceptors (Lipinski definition) is 3. The number of pyridine rings is 1. The molecule has 1 aromatic carbocycles. The van der Waals surface area contributed by atoms with E-state index in [4.69, 9.17) is 4.74 Å². The van der Waals surface area contributed by atoms with Gasteiger partial charge in [-0.3, -0.25) is 4.98 Å². The van der Waals surface area contributed by atoms with Crippen LogP contribution < -0.4 is 10.1 Å². The summed E-state index contributed by atoms with van der Waals surface area (Å²) >= 11 is 0. The van der Waals surface area contributed by atoms with Gasteiger partial charge in [-0.15, -0.1) is 0 Å². The highest BCUT2D eigenvalue weighted by molar-refractivity contribution is 5.55. The highest BCUT2D eigenvalue weighted by Gasteiger charge is 2.01. The maximum atomic E-state index is 5.70. The molecule has 3 heteroatoms. The van der Waals surface area contributed by atoms with Crippen LogP contribution in [-0.4, -0.2) is 12.0 Å². The predicted molar refractivity (Wildman–Crippen MR) is 60.3 cm³/mol. The van der Waals surface area contributed by atoms with E-state index in [2.05, 4.69) is 10.3 Å². The van der Waals surface area contributed by atoms with Gasteiger partial charge in [0.05, 0.1) is 11.9 Å². The maximum absolute atomic E-state index is 5.70. The fraction of sp³-hybridized carbons (Fsp3) is 0.0833. The molecule has 2 aromatic rings. The topological polar surface area (TPSA) is 34.2 Å². The van der Waals surface area contributed by atoms with E-state index in [-0.39, 0.29) is 0 Å². The van der Waals surface area contributed by atoms with Crippen LogP contribution in [0.2, 0.25) is 0 Å². The second-order valence-corrected chi connectivity index (χ2v) is 3.04. The average Bonchev–Trinajstić information content (AvgIpc) is 2.31. The van der Waals surface area contributed by atoms with Crippen LogP contribution in [0.15, 0.2) is 48.8 Å². The van der Waals surface area contributed by atoms with Crippen molar-refractivity contribution < 1.29 is 4.74 Å². The standard InChI is InChI=1S/C12H12N2O/c1-13-11-9-14-8-7-12(11)15-10-5-3-2-4-6-10/h2-9,13H,1H3. The Kier molecular flexibility index (Phi) is 2.83. The first-order valence-corrected chi connectivity index (χ1v) is 4.75. The van der Waals surface area contributed by atoms with Crippen LogP contribution in [0.3, 0.4) is 0 Å². The summed E-state index contributed by atoms with van der Waals surface area (Å²) in [7, 11) is 1.84. The van der Waals surface area contributed by atoms with Gasteiger partial charge in [0.15, 0.2) is 5.75 Å². The Morgan fingerprint density at radius 1 is 1.13 bits per heavy atom. The molecule has 0 atom stereocenters. The van der Waals surface area contributed by atoms with Crippen LogP contribution in [0.5, 0.6) is 11.5 Å². The van der Waals surface area contributed by atoms with Crippen molar-refractivity contribution in [1.29, 1.82) is 0 Å². The van der Waals surface area contributed by atoms with Crippen molar-refractivity contribution in [2.75, 3.05) is 12.4 Å². The molecule has 0 bridgehead atoms. The van der Waals surface area contributed by atoms with Crippen molar-refractivity contribution in [2.45, 2.75) is 0 Å². The van der Waals surface area contributed by atoms with Crippen LogP contribution in [0.25, 0.3) is 0 Å². The number of rotatable bonds is 3. The number of para-hydroxylation sites is 1. The minimum Gasteiger partial charge on any atom is -0.455 e. The van der Waals surface area contributed by atoms with Crippen molar-refractivity contribution >= 4 is 5.69 Å². The van der Waals surface area contributed by atoms with Gasteiger partial charge in [0.1, 0.15) is 5.75 Å². The molecule has 2 rings (SSSR count). The lowest BCUT2D eigenvalue weighted by Crippen LogP contribution is -1.93. The molecule has 3 nitrogen and oxygen atoms in total. The summed E-state index contributed by atoms with van der Waals surface area (Å²) in [5.41, 5.74) is 0.876. The number of anilines is 1. The summed E-state index contributed by atoms with van der Waals surface area (Å²) in [4.78, 5) is 4.02. The lowest BCUT2D eigenvalue weighted by molar-refractivity contribution is 0.484. The van der Waals surface area contributed by atoms with E-state index in [9.17, 15) is 0 Å². The number of nitrogens with zero attached hydrogens (tertiary/aromatic N) is 1. The molecule has 0 unspecified atom stereocenters. The van der Waals surface area contributed by atoms with Gasteiger partial charge in [-0.2, -0.15) is 0 Å². The lowest BCUT2D eigenvalue weighted by atomic mass is 10.3. The number of nitrogens with one attached hydrogen (secondary N) is 1. The first-order valence-electron chi connectivity index (χ1n) is 4.75. The Balaban J connectivity index is 2.24. The van der Waals surface area contributed by atoms with Gasteiger partial charge in [0, 0.05) is 19.3 Å². The zero-order valence-electron chi connectivity index (χ0n) is 8.47. The van der Waals surface area contributed by atoms with E-state index in [1.807, 2.05) is 43.4 Å². The van der Waals surface area contributed by atoms with Crippen molar-refractivity contribution in [3.05, 3.63) is 48.8 Å². The molecule has 0 saturated heterocycles. The quantitative estimate of drug-likeness (QED) is 0.827. The zero-order chi connectivity index (χ0) is 10.5. The van der Waals surface area contributed by atoms with Gasteiger partial charge >= 0.3 is 0 Å². The monoisotopic (exact) mass is 200 g/mol. The van der Waals surface area contributed by atoms with Crippen molar-refractivity contribution in [1.82, 2.24) is 4.98 Å². The number of benzene rings is 1. The van der Waals surface area contributed by atoms with E-state index < -0.39 is 0 Å². The molecule has 0 spiro atoms. The molecule has 0 fully saturated rings. The third-order valence-corrected chi connectivity index (χ3v) is 2.02. The first-order chi connectivity index (χ1) is 7.40. The molecule has 0 radical (unpaired) electrons. The van der Waals surface area contributed by atoms with Crippen molar-refractivity contribution in [3.8, 4) is 11.5 Å². The van der Waals surface area contributed by atoms with Gasteiger partial charge in [-0.1, -0.05) is 18.2 Å². The van der Waals surface area contributed by atoms with Gasteiger partial charge in [-0.25, -0.2) is 0 Å². The van der Waals surface area contributed by atoms with E-state index in [1.54, 1.807) is 12.4 Å². The number of ether oxygens (including phenoxy) is 1. The summed E-state index contributed by atoms with van der Waals surface area (Å²) < 4.78 is 5.70. The second-order valence-electron chi connectivity index (χ2n) is 3.04. The highest BCUT2D eigenvalue weighted by Crippen LogP contribution is 2.27. The summed E-state index contributed by atoms with van der Waals surface area (Å²) in [6.07, 6.45) is 3.44. The van der Waals surface area contributed by atoms with Gasteiger partial charge < -0.3 is 10.1 Å². The largest absolute Gasteiger partial charge is 0.455 e. The molecule has 1 N–H and O–H groups in total. The van der Waals surface area contributed by atoms with E-state index in [1.165, 1.54) is 0 Å². The minimum absolute atomic E-state index is 0.777. The van der Waals surface area contributed by atoms with Crippen LogP contribution in [0.1, 0.15) is 0 Å². The molecule has 0 saturated carbocycles. The highest BCUT2D eigenvalue weighted by atomic mass is 16.5. The summed E-state index contributed by atoms with van der Waals surface area (Å²) in [6, 6.07) is 11.5. The fourth-order valence-corrected chi connectivity index (χ4v) is 1.27. The minimum atomic E-state index is 0.777. The Labute approximate surface area is 88.7 Å². The Hall–Kier alpha value is -2.03. The van der Waals surface area contributed by atoms with E-state index in [0.29, 0.717) is 0 Å². The van der Waals surface area contributed by atoms with E-state index in [0.717, 1.165) is 17.2 Å². The normalized spacial score (nSPS) is 9.67. The number of hydrogen-bond donors (Lipinski definition) is 1. The van der Waals surface area contributed by atoms with Crippen molar-refractivity contribution in [3.63, 3.8) is 0 Å². The van der Waals surface area contributed by atoms with Crippen LogP contribution in [-0.2, 0) is 0 Å². The van der Waals surface area contributed by atoms with Crippen molar-refractivity contribution in [2.24, 2.45) is 0 Å². The predicted octanol–water partition coefficient (Wildman–Crippen LogP) is 2.92.